The van der Waals surface area contributed by atoms with Gasteiger partial charge in [-0.2, -0.15) is 0 Å². The van der Waals surface area contributed by atoms with Gasteiger partial charge in [0.25, 0.3) is 0 Å². The number of rotatable bonds is 4. The molecule has 0 saturated heterocycles. The average molecular weight is 268 g/mol. The first-order valence-corrected chi connectivity index (χ1v) is 7.09. The third kappa shape index (κ3) is 2.76. The molecular weight excluding hydrogens is 255 g/mol. The fourth-order valence-electron chi connectivity index (χ4n) is 1.62. The molecule has 4 nitrogen and oxygen atoms in total. The first kappa shape index (κ1) is 12.8. The predicted octanol–water partition coefficient (Wildman–Crippen LogP) is 1.58. The molecule has 2 aromatic rings. The van der Waals surface area contributed by atoms with Crippen molar-refractivity contribution < 1.29 is 12.8 Å². The molecular formula is C12H13FN2O2S. The molecule has 96 valence electrons. The van der Waals surface area contributed by atoms with Crippen LogP contribution in [0.2, 0.25) is 0 Å². The molecule has 1 aromatic heterocycles. The van der Waals surface area contributed by atoms with Crippen molar-refractivity contribution in [3.05, 3.63) is 48.3 Å². The Balaban J connectivity index is 2.13. The summed E-state index contributed by atoms with van der Waals surface area (Å²) in [6.07, 6.45) is 3.73. The van der Waals surface area contributed by atoms with Crippen molar-refractivity contribution in [3.8, 4) is 0 Å². The number of hydrogen-bond acceptors (Lipinski definition) is 3. The van der Waals surface area contributed by atoms with E-state index in [9.17, 15) is 12.8 Å². The summed E-state index contributed by atoms with van der Waals surface area (Å²) in [5.41, 5.74) is 0. The molecule has 6 heteroatoms. The van der Waals surface area contributed by atoms with E-state index in [0.717, 1.165) is 12.1 Å². The van der Waals surface area contributed by atoms with Crippen LogP contribution in [0, 0.1) is 5.82 Å². The zero-order valence-corrected chi connectivity index (χ0v) is 10.7. The quantitative estimate of drug-likeness (QED) is 0.791. The normalized spacial score (nSPS) is 11.7. The largest absolute Gasteiger partial charge is 0.338 e. The van der Waals surface area contributed by atoms with Crippen LogP contribution in [0.25, 0.3) is 0 Å². The van der Waals surface area contributed by atoms with Crippen molar-refractivity contribution in [1.29, 1.82) is 0 Å². The Hall–Kier alpha value is -1.69. The number of sulfone groups is 1. The molecule has 0 saturated carbocycles. The van der Waals surface area contributed by atoms with E-state index in [2.05, 4.69) is 4.98 Å². The van der Waals surface area contributed by atoms with Gasteiger partial charge in [0.2, 0.25) is 0 Å². The maximum Gasteiger partial charge on any atom is 0.178 e. The highest BCUT2D eigenvalue weighted by Crippen LogP contribution is 2.13. The number of aryl methyl sites for hydroxylation is 2. The molecule has 0 N–H and O–H groups in total. The summed E-state index contributed by atoms with van der Waals surface area (Å²) in [6, 6.07) is 4.85. The SMILES string of the molecule is Cn1ccnc1CCS(=O)(=O)c1ccc(F)cc1. The van der Waals surface area contributed by atoms with Gasteiger partial charge < -0.3 is 4.57 Å². The van der Waals surface area contributed by atoms with Crippen LogP contribution in [0.4, 0.5) is 4.39 Å². The zero-order chi connectivity index (χ0) is 13.2. The maximum absolute atomic E-state index is 12.7. The molecule has 0 aliphatic heterocycles. The van der Waals surface area contributed by atoms with Crippen molar-refractivity contribution in [2.75, 3.05) is 5.75 Å². The van der Waals surface area contributed by atoms with Crippen LogP contribution in [0.15, 0.2) is 41.6 Å². The number of imidazole rings is 1. The topological polar surface area (TPSA) is 52.0 Å². The fraction of sp³-hybridized carbons (Fsp3) is 0.250. The maximum atomic E-state index is 12.7. The number of nitrogens with zero attached hydrogens (tertiary/aromatic N) is 2. The Bertz CT molecular complexity index is 632. The van der Waals surface area contributed by atoms with E-state index in [1.807, 2.05) is 7.05 Å². The first-order valence-electron chi connectivity index (χ1n) is 5.43. The average Bonchev–Trinajstić information content (AvgIpc) is 2.73. The van der Waals surface area contributed by atoms with Crippen LogP contribution in [0.3, 0.4) is 0 Å². The second-order valence-corrected chi connectivity index (χ2v) is 6.09. The molecule has 0 fully saturated rings. The Labute approximate surface area is 105 Å². The van der Waals surface area contributed by atoms with Crippen molar-refractivity contribution in [2.24, 2.45) is 7.05 Å². The third-order valence-electron chi connectivity index (χ3n) is 2.69. The Morgan fingerprint density at radius 3 is 2.50 bits per heavy atom. The number of halogens is 1. The van der Waals surface area contributed by atoms with Crippen molar-refractivity contribution in [3.63, 3.8) is 0 Å². The lowest BCUT2D eigenvalue weighted by molar-refractivity contribution is 0.592. The Morgan fingerprint density at radius 1 is 1.28 bits per heavy atom. The molecule has 0 aliphatic rings. The zero-order valence-electron chi connectivity index (χ0n) is 9.88. The minimum Gasteiger partial charge on any atom is -0.338 e. The van der Waals surface area contributed by atoms with E-state index in [0.29, 0.717) is 12.2 Å². The van der Waals surface area contributed by atoms with E-state index in [-0.39, 0.29) is 10.6 Å². The van der Waals surface area contributed by atoms with Crippen molar-refractivity contribution in [1.82, 2.24) is 9.55 Å². The molecule has 0 atom stereocenters. The molecule has 2 rings (SSSR count). The lowest BCUT2D eigenvalue weighted by Crippen LogP contribution is -2.11. The van der Waals surface area contributed by atoms with E-state index in [1.54, 1.807) is 17.0 Å². The summed E-state index contributed by atoms with van der Waals surface area (Å²) in [4.78, 5) is 4.20. The van der Waals surface area contributed by atoms with E-state index < -0.39 is 15.7 Å². The van der Waals surface area contributed by atoms with Crippen LogP contribution in [0.1, 0.15) is 5.82 Å². The van der Waals surface area contributed by atoms with Crippen LogP contribution in [-0.4, -0.2) is 23.7 Å². The highest BCUT2D eigenvalue weighted by atomic mass is 32.2. The summed E-state index contributed by atoms with van der Waals surface area (Å²) >= 11 is 0. The van der Waals surface area contributed by atoms with E-state index in [1.165, 1.54) is 12.1 Å². The van der Waals surface area contributed by atoms with Gasteiger partial charge in [-0.25, -0.2) is 17.8 Å². The number of benzene rings is 1. The predicted molar refractivity (Wildman–Crippen MR) is 65.4 cm³/mol. The summed E-state index contributed by atoms with van der Waals surface area (Å²) in [6.45, 7) is 0. The molecule has 0 spiro atoms. The molecule has 0 bridgehead atoms. The molecule has 0 radical (unpaired) electrons. The Kier molecular flexibility index (Phi) is 3.47. The molecule has 18 heavy (non-hydrogen) atoms. The van der Waals surface area contributed by atoms with Gasteiger partial charge in [0, 0.05) is 25.9 Å². The number of aromatic nitrogens is 2. The fourth-order valence-corrected chi connectivity index (χ4v) is 2.86. The lowest BCUT2D eigenvalue weighted by atomic mass is 10.4. The first-order chi connectivity index (χ1) is 8.49. The lowest BCUT2D eigenvalue weighted by Gasteiger charge is -2.04. The molecule has 1 heterocycles. The van der Waals surface area contributed by atoms with Gasteiger partial charge in [0.15, 0.2) is 9.84 Å². The minimum absolute atomic E-state index is 0.0382. The molecule has 0 aliphatic carbocycles. The van der Waals surface area contributed by atoms with Gasteiger partial charge in [-0.15, -0.1) is 0 Å². The van der Waals surface area contributed by atoms with E-state index in [4.69, 9.17) is 0 Å². The second-order valence-electron chi connectivity index (χ2n) is 3.98. The van der Waals surface area contributed by atoms with E-state index >= 15 is 0 Å². The van der Waals surface area contributed by atoms with Crippen molar-refractivity contribution in [2.45, 2.75) is 11.3 Å². The highest BCUT2D eigenvalue weighted by molar-refractivity contribution is 7.91. The van der Waals surface area contributed by atoms with Crippen molar-refractivity contribution >= 4 is 9.84 Å². The van der Waals surface area contributed by atoms with Crippen LogP contribution >= 0.6 is 0 Å². The third-order valence-corrected chi connectivity index (χ3v) is 4.42. The summed E-state index contributed by atoms with van der Waals surface area (Å²) in [5, 5.41) is 0. The van der Waals surface area contributed by atoms with Crippen LogP contribution in [0.5, 0.6) is 0 Å². The monoisotopic (exact) mass is 268 g/mol. The van der Waals surface area contributed by atoms with Gasteiger partial charge in [0.1, 0.15) is 11.6 Å². The smallest absolute Gasteiger partial charge is 0.178 e. The standard InChI is InChI=1S/C12H13FN2O2S/c1-15-8-7-14-12(15)6-9-18(16,17)11-4-2-10(13)3-5-11/h2-5,7-8H,6,9H2,1H3. The van der Waals surface area contributed by atoms with Gasteiger partial charge in [-0.05, 0) is 24.3 Å². The highest BCUT2D eigenvalue weighted by Gasteiger charge is 2.15. The molecule has 1 aromatic carbocycles. The van der Waals surface area contributed by atoms with Gasteiger partial charge in [-0.3, -0.25) is 0 Å². The van der Waals surface area contributed by atoms with Gasteiger partial charge in [-0.1, -0.05) is 0 Å². The molecule has 0 amide bonds. The van der Waals surface area contributed by atoms with Gasteiger partial charge in [0.05, 0.1) is 10.6 Å². The second kappa shape index (κ2) is 4.89. The van der Waals surface area contributed by atoms with Crippen LogP contribution in [-0.2, 0) is 23.3 Å². The summed E-state index contributed by atoms with van der Waals surface area (Å²) < 4.78 is 38.5. The summed E-state index contributed by atoms with van der Waals surface area (Å²) in [7, 11) is -1.58. The van der Waals surface area contributed by atoms with Crippen LogP contribution < -0.4 is 0 Å². The van der Waals surface area contributed by atoms with Gasteiger partial charge >= 0.3 is 0 Å². The minimum atomic E-state index is -3.39. The Morgan fingerprint density at radius 2 is 1.94 bits per heavy atom. The summed E-state index contributed by atoms with van der Waals surface area (Å²) in [5.74, 6) is 0.225. The molecule has 0 unspecified atom stereocenters. The number of hydrogen-bond donors (Lipinski definition) is 0.